The number of benzene rings is 1. The normalized spacial score (nSPS) is 16.2. The highest BCUT2D eigenvalue weighted by atomic mass is 16.7. The van der Waals surface area contributed by atoms with Crippen molar-refractivity contribution in [1.29, 1.82) is 10.5 Å². The molecule has 1 aliphatic heterocycles. The fourth-order valence-electron chi connectivity index (χ4n) is 5.14. The average molecular weight is 513 g/mol. The molecule has 9 nitrogen and oxygen atoms in total. The summed E-state index contributed by atoms with van der Waals surface area (Å²) in [6.07, 6.45) is 8.35. The van der Waals surface area contributed by atoms with E-state index in [9.17, 15) is 10.1 Å². The molecule has 38 heavy (non-hydrogen) atoms. The molecule has 0 amide bonds. The van der Waals surface area contributed by atoms with E-state index in [0.29, 0.717) is 23.5 Å². The first-order valence-corrected chi connectivity index (χ1v) is 13.2. The van der Waals surface area contributed by atoms with Gasteiger partial charge >= 0.3 is 0 Å². The second-order valence-electron chi connectivity index (χ2n) is 10.2. The zero-order valence-electron chi connectivity index (χ0n) is 21.9. The molecule has 3 heterocycles. The Morgan fingerprint density at radius 1 is 1.05 bits per heavy atom. The van der Waals surface area contributed by atoms with Gasteiger partial charge < -0.3 is 24.3 Å². The lowest BCUT2D eigenvalue weighted by Crippen LogP contribution is -2.36. The molecule has 2 aliphatic carbocycles. The van der Waals surface area contributed by atoms with Crippen LogP contribution in [0.1, 0.15) is 56.2 Å². The Labute approximate surface area is 222 Å². The largest absolute Gasteiger partial charge is 0.454 e. The Morgan fingerprint density at radius 2 is 1.82 bits per heavy atom. The molecule has 0 bridgehead atoms. The van der Waals surface area contributed by atoms with Gasteiger partial charge in [-0.3, -0.25) is 4.79 Å². The van der Waals surface area contributed by atoms with Crippen LogP contribution in [0.5, 0.6) is 11.5 Å². The predicted octanol–water partition coefficient (Wildman–Crippen LogP) is 4.68. The van der Waals surface area contributed by atoms with Crippen LogP contribution in [0.25, 0.3) is 11.0 Å². The number of nitrogens with zero attached hydrogens (tertiary/aromatic N) is 5. The Kier molecular flexibility index (Phi) is 7.37. The van der Waals surface area contributed by atoms with Crippen molar-refractivity contribution in [1.82, 2.24) is 9.55 Å². The van der Waals surface area contributed by atoms with E-state index >= 15 is 0 Å². The molecule has 0 spiro atoms. The van der Waals surface area contributed by atoms with Crippen LogP contribution >= 0.6 is 0 Å². The van der Waals surface area contributed by atoms with Gasteiger partial charge in [0.15, 0.2) is 11.5 Å². The van der Waals surface area contributed by atoms with Crippen LogP contribution < -0.4 is 25.2 Å². The topological polar surface area (TPSA) is 116 Å². The highest BCUT2D eigenvalue weighted by Gasteiger charge is 2.26. The molecule has 2 aromatic heterocycles. The monoisotopic (exact) mass is 512 g/mol. The van der Waals surface area contributed by atoms with Gasteiger partial charge in [0.25, 0.3) is 5.56 Å². The summed E-state index contributed by atoms with van der Waals surface area (Å²) in [7, 11) is 3.55. The number of nitriles is 2. The Hall–Kier alpha value is -4.24. The zero-order valence-corrected chi connectivity index (χ0v) is 21.9. The fourth-order valence-corrected chi connectivity index (χ4v) is 5.14. The van der Waals surface area contributed by atoms with E-state index in [1.165, 1.54) is 23.8 Å². The second kappa shape index (κ2) is 11.0. The number of pyridine rings is 2. The lowest BCUT2D eigenvalue weighted by molar-refractivity contribution is 0.174. The molecule has 1 N–H and O–H groups in total. The standard InChI is InChI=1S/C18H19N5O.C11H13NO2/c1-22(13-6-4-3-5-7-13)17-14(11-20)18(24)23(2)15-9-8-12(10-19)21-16(15)17;1-2-8(1)6-12-9-3-4-10-11(5-9)14-7-13-10/h8-9,13H,3-7H2,1-2H3;3-5,8,12H,1-2,6-7H2. The van der Waals surface area contributed by atoms with Crippen molar-refractivity contribution in [3.63, 3.8) is 0 Å². The van der Waals surface area contributed by atoms with Crippen LogP contribution in [-0.2, 0) is 7.05 Å². The number of nitrogens with one attached hydrogen (secondary N) is 1. The van der Waals surface area contributed by atoms with Crippen molar-refractivity contribution >= 4 is 22.4 Å². The molecular formula is C29H32N6O3. The maximum Gasteiger partial charge on any atom is 0.270 e. The molecule has 6 rings (SSSR count). The number of fused-ring (bicyclic) bond motifs is 2. The van der Waals surface area contributed by atoms with Gasteiger partial charge in [0.2, 0.25) is 6.79 Å². The van der Waals surface area contributed by atoms with Crippen LogP contribution in [0.4, 0.5) is 11.4 Å². The number of hydrogen-bond donors (Lipinski definition) is 1. The summed E-state index contributed by atoms with van der Waals surface area (Å²) >= 11 is 0. The van der Waals surface area contributed by atoms with E-state index in [1.807, 2.05) is 36.2 Å². The number of hydrogen-bond acceptors (Lipinski definition) is 8. The summed E-state index contributed by atoms with van der Waals surface area (Å²) in [6, 6.07) is 13.7. The average Bonchev–Trinajstić information content (AvgIpc) is 3.68. The molecule has 9 heteroatoms. The number of aryl methyl sites for hydroxylation is 1. The quantitative estimate of drug-likeness (QED) is 0.524. The van der Waals surface area contributed by atoms with Gasteiger partial charge in [0.1, 0.15) is 28.9 Å². The summed E-state index contributed by atoms with van der Waals surface area (Å²) < 4.78 is 12.0. The summed E-state index contributed by atoms with van der Waals surface area (Å²) in [6.45, 7) is 1.43. The second-order valence-corrected chi connectivity index (χ2v) is 10.2. The molecule has 3 aliphatic rings. The zero-order chi connectivity index (χ0) is 26.6. The third-order valence-electron chi connectivity index (χ3n) is 7.58. The lowest BCUT2D eigenvalue weighted by Gasteiger charge is -2.33. The van der Waals surface area contributed by atoms with E-state index in [2.05, 4.69) is 16.4 Å². The van der Waals surface area contributed by atoms with Gasteiger partial charge in [-0.05, 0) is 55.9 Å². The smallest absolute Gasteiger partial charge is 0.270 e. The number of anilines is 2. The van der Waals surface area contributed by atoms with Crippen LogP contribution in [0.15, 0.2) is 35.1 Å². The number of rotatable bonds is 5. The van der Waals surface area contributed by atoms with Crippen molar-refractivity contribution in [2.75, 3.05) is 30.6 Å². The first kappa shape index (κ1) is 25.4. The van der Waals surface area contributed by atoms with E-state index in [-0.39, 0.29) is 22.9 Å². The molecule has 196 valence electrons. The Balaban J connectivity index is 0.000000177. The molecular weight excluding hydrogens is 480 g/mol. The van der Waals surface area contributed by atoms with Gasteiger partial charge in [-0.25, -0.2) is 4.98 Å². The predicted molar refractivity (Wildman–Crippen MR) is 145 cm³/mol. The molecule has 0 saturated heterocycles. The van der Waals surface area contributed by atoms with E-state index in [0.717, 1.165) is 55.3 Å². The Morgan fingerprint density at radius 3 is 2.53 bits per heavy atom. The third-order valence-corrected chi connectivity index (χ3v) is 7.58. The minimum Gasteiger partial charge on any atom is -0.454 e. The van der Waals surface area contributed by atoms with Crippen molar-refractivity contribution in [2.45, 2.75) is 51.0 Å². The van der Waals surface area contributed by atoms with Crippen molar-refractivity contribution in [3.05, 3.63) is 51.9 Å². The van der Waals surface area contributed by atoms with E-state index < -0.39 is 0 Å². The van der Waals surface area contributed by atoms with E-state index in [4.69, 9.17) is 14.7 Å². The van der Waals surface area contributed by atoms with Crippen molar-refractivity contribution < 1.29 is 9.47 Å². The first-order chi connectivity index (χ1) is 18.5. The fraction of sp³-hybridized carbons (Fsp3) is 0.448. The van der Waals surface area contributed by atoms with Gasteiger partial charge in [-0.1, -0.05) is 19.3 Å². The molecule has 0 radical (unpaired) electrons. The molecule has 3 aromatic rings. The maximum atomic E-state index is 12.6. The molecule has 0 atom stereocenters. The van der Waals surface area contributed by atoms with Gasteiger partial charge in [0, 0.05) is 38.4 Å². The lowest BCUT2D eigenvalue weighted by atomic mass is 9.93. The first-order valence-electron chi connectivity index (χ1n) is 13.2. The number of ether oxygens (including phenoxy) is 2. The van der Waals surface area contributed by atoms with Gasteiger partial charge in [0.05, 0.1) is 11.2 Å². The highest BCUT2D eigenvalue weighted by molar-refractivity contribution is 5.92. The minimum atomic E-state index is -0.325. The van der Waals surface area contributed by atoms with Crippen LogP contribution in [0.3, 0.4) is 0 Å². The Bertz CT molecular complexity index is 1470. The minimum absolute atomic E-state index is 0.0978. The molecule has 2 fully saturated rings. The van der Waals surface area contributed by atoms with Gasteiger partial charge in [-0.15, -0.1) is 0 Å². The highest BCUT2D eigenvalue weighted by Crippen LogP contribution is 2.35. The van der Waals surface area contributed by atoms with Crippen LogP contribution in [-0.4, -0.2) is 36.0 Å². The molecule has 0 unspecified atom stereocenters. The number of aromatic nitrogens is 2. The maximum absolute atomic E-state index is 12.6. The molecule has 2 saturated carbocycles. The van der Waals surface area contributed by atoms with Crippen LogP contribution in [0.2, 0.25) is 0 Å². The van der Waals surface area contributed by atoms with Crippen molar-refractivity contribution in [3.8, 4) is 23.6 Å². The van der Waals surface area contributed by atoms with Crippen LogP contribution in [0, 0.1) is 28.6 Å². The summed E-state index contributed by atoms with van der Waals surface area (Å²) in [5, 5.41) is 22.1. The van der Waals surface area contributed by atoms with Gasteiger partial charge in [-0.2, -0.15) is 10.5 Å². The van der Waals surface area contributed by atoms with Crippen molar-refractivity contribution in [2.24, 2.45) is 13.0 Å². The summed E-state index contributed by atoms with van der Waals surface area (Å²) in [5.41, 5.74) is 2.91. The van der Waals surface area contributed by atoms with E-state index in [1.54, 1.807) is 19.2 Å². The SMILES string of the molecule is CN(c1c(C#N)c(=O)n(C)c2ccc(C#N)nc12)C1CCCCC1.c1cc2c(cc1NCC1CC1)OCO2. The molecule has 1 aromatic carbocycles. The summed E-state index contributed by atoms with van der Waals surface area (Å²) in [4.78, 5) is 19.0. The third kappa shape index (κ3) is 5.24. The summed E-state index contributed by atoms with van der Waals surface area (Å²) in [5.74, 6) is 2.59.